The van der Waals surface area contributed by atoms with Crippen molar-refractivity contribution in [2.24, 2.45) is 0 Å². The molecule has 6 heteroatoms. The van der Waals surface area contributed by atoms with Crippen molar-refractivity contribution >= 4 is 23.2 Å². The number of nitrogens with zero attached hydrogens (tertiary/aromatic N) is 3. The van der Waals surface area contributed by atoms with Crippen molar-refractivity contribution in [1.82, 2.24) is 9.88 Å². The molecule has 1 aromatic carbocycles. The molecule has 3 rings (SSSR count). The molecule has 5 nitrogen and oxygen atoms in total. The molecule has 1 aliphatic heterocycles. The number of hydrogen-bond donors (Lipinski definition) is 1. The number of aryl methyl sites for hydroxylation is 2. The fourth-order valence-corrected chi connectivity index (χ4v) is 3.42. The summed E-state index contributed by atoms with van der Waals surface area (Å²) in [6.45, 7) is 6.56. The van der Waals surface area contributed by atoms with Crippen LogP contribution in [0.25, 0.3) is 0 Å². The topological polar surface area (TPSA) is 56.7 Å². The van der Waals surface area contributed by atoms with Crippen LogP contribution in [0.5, 0.6) is 0 Å². The number of aliphatic hydroxyl groups is 1. The minimum atomic E-state index is -1.22. The number of carbonyl (C=O) groups is 1. The largest absolute Gasteiger partial charge is 0.378 e. The van der Waals surface area contributed by atoms with Gasteiger partial charge in [-0.25, -0.2) is 0 Å². The zero-order chi connectivity index (χ0) is 18.0. The van der Waals surface area contributed by atoms with E-state index in [-0.39, 0.29) is 5.91 Å². The molecule has 0 spiro atoms. The summed E-state index contributed by atoms with van der Waals surface area (Å²) in [6, 6.07) is 11.0. The molecular weight excluding hydrogens is 338 g/mol. The highest BCUT2D eigenvalue weighted by Gasteiger charge is 2.28. The van der Waals surface area contributed by atoms with Crippen LogP contribution in [0, 0.1) is 13.8 Å². The van der Waals surface area contributed by atoms with Crippen LogP contribution < -0.4 is 4.90 Å². The zero-order valence-electron chi connectivity index (χ0n) is 14.4. The fraction of sp³-hybridized carbons (Fsp3) is 0.368. The summed E-state index contributed by atoms with van der Waals surface area (Å²) in [5.74, 6) is -0.296. The maximum atomic E-state index is 12.6. The molecule has 1 N–H and O–H groups in total. The number of carbonyl (C=O) groups excluding carboxylic acids is 1. The smallest absolute Gasteiger partial charge is 0.256 e. The first kappa shape index (κ1) is 17.7. The second-order valence-corrected chi connectivity index (χ2v) is 6.75. The van der Waals surface area contributed by atoms with Gasteiger partial charge in [0.1, 0.15) is 0 Å². The predicted molar refractivity (Wildman–Crippen MR) is 98.9 cm³/mol. The van der Waals surface area contributed by atoms with Gasteiger partial charge in [0, 0.05) is 53.8 Å². The minimum absolute atomic E-state index is 0.296. The van der Waals surface area contributed by atoms with Gasteiger partial charge in [-0.3, -0.25) is 9.78 Å². The van der Waals surface area contributed by atoms with Crippen molar-refractivity contribution in [3.05, 3.63) is 58.4 Å². The number of rotatable bonds is 3. The number of amides is 1. The van der Waals surface area contributed by atoms with Crippen molar-refractivity contribution in [2.75, 3.05) is 31.1 Å². The minimum Gasteiger partial charge on any atom is -0.378 e. The molecule has 25 heavy (non-hydrogen) atoms. The van der Waals surface area contributed by atoms with Crippen LogP contribution in [0.2, 0.25) is 5.02 Å². The lowest BCUT2D eigenvalue weighted by atomic mass is 10.1. The molecule has 0 unspecified atom stereocenters. The molecule has 1 aliphatic rings. The predicted octanol–water partition coefficient (Wildman–Crippen LogP) is 2.73. The van der Waals surface area contributed by atoms with Crippen molar-refractivity contribution in [3.8, 4) is 0 Å². The van der Waals surface area contributed by atoms with Gasteiger partial charge in [-0.2, -0.15) is 0 Å². The van der Waals surface area contributed by atoms with Gasteiger partial charge in [0.05, 0.1) is 0 Å². The lowest BCUT2D eigenvalue weighted by Gasteiger charge is -2.37. The monoisotopic (exact) mass is 359 g/mol. The summed E-state index contributed by atoms with van der Waals surface area (Å²) in [5.41, 5.74) is 3.56. The Bertz CT molecular complexity index is 753. The number of pyridine rings is 1. The first-order chi connectivity index (χ1) is 12.0. The summed E-state index contributed by atoms with van der Waals surface area (Å²) in [7, 11) is 0. The lowest BCUT2D eigenvalue weighted by Crippen LogP contribution is -2.50. The Morgan fingerprint density at radius 3 is 2.32 bits per heavy atom. The van der Waals surface area contributed by atoms with Crippen LogP contribution >= 0.6 is 11.6 Å². The molecule has 132 valence electrons. The van der Waals surface area contributed by atoms with Gasteiger partial charge in [-0.05, 0) is 32.0 Å². The Kier molecular flexibility index (Phi) is 5.25. The van der Waals surface area contributed by atoms with E-state index in [0.29, 0.717) is 23.7 Å². The summed E-state index contributed by atoms with van der Waals surface area (Å²) in [6.07, 6.45) is -1.22. The van der Waals surface area contributed by atoms with Crippen molar-refractivity contribution in [1.29, 1.82) is 0 Å². The molecule has 0 aliphatic carbocycles. The van der Waals surface area contributed by atoms with Gasteiger partial charge in [-0.15, -0.1) is 0 Å². The Hall–Kier alpha value is -2.11. The average molecular weight is 360 g/mol. The number of benzene rings is 1. The Morgan fingerprint density at radius 2 is 1.72 bits per heavy atom. The van der Waals surface area contributed by atoms with Crippen LogP contribution in [0.1, 0.15) is 23.1 Å². The van der Waals surface area contributed by atoms with E-state index >= 15 is 0 Å². The lowest BCUT2D eigenvalue weighted by molar-refractivity contribution is -0.140. The van der Waals surface area contributed by atoms with Gasteiger partial charge in [0.2, 0.25) is 0 Å². The van der Waals surface area contributed by atoms with E-state index in [9.17, 15) is 9.90 Å². The summed E-state index contributed by atoms with van der Waals surface area (Å²) >= 11 is 6.09. The SMILES string of the molecule is Cc1cc(N2CCN(C(=O)[C@H](O)c3ccccc3Cl)CC2)cc(C)n1. The van der Waals surface area contributed by atoms with E-state index < -0.39 is 6.10 Å². The van der Waals surface area contributed by atoms with Crippen LogP contribution in [0.3, 0.4) is 0 Å². The average Bonchev–Trinajstić information content (AvgIpc) is 2.60. The molecule has 1 aromatic heterocycles. The summed E-state index contributed by atoms with van der Waals surface area (Å²) in [5, 5.41) is 10.8. The van der Waals surface area contributed by atoms with Crippen LogP contribution in [-0.2, 0) is 4.79 Å². The zero-order valence-corrected chi connectivity index (χ0v) is 15.2. The number of anilines is 1. The number of aliphatic hydroxyl groups excluding tert-OH is 1. The first-order valence-corrected chi connectivity index (χ1v) is 8.75. The standard InChI is InChI=1S/C19H22ClN3O2/c1-13-11-15(12-14(2)21-13)22-7-9-23(10-8-22)19(25)18(24)16-5-3-4-6-17(16)20/h3-6,11-12,18,24H,7-10H2,1-2H3/t18-/m1/s1. The summed E-state index contributed by atoms with van der Waals surface area (Å²) in [4.78, 5) is 20.9. The third-order valence-electron chi connectivity index (χ3n) is 4.46. The second kappa shape index (κ2) is 7.42. The van der Waals surface area contributed by atoms with E-state index in [0.717, 1.165) is 30.2 Å². The highest BCUT2D eigenvalue weighted by molar-refractivity contribution is 6.31. The van der Waals surface area contributed by atoms with Crippen molar-refractivity contribution in [2.45, 2.75) is 20.0 Å². The normalized spacial score (nSPS) is 16.0. The van der Waals surface area contributed by atoms with Crippen LogP contribution in [-0.4, -0.2) is 47.1 Å². The maximum absolute atomic E-state index is 12.6. The van der Waals surface area contributed by atoms with Gasteiger partial charge >= 0.3 is 0 Å². The van der Waals surface area contributed by atoms with E-state index in [1.54, 1.807) is 29.2 Å². The molecule has 2 heterocycles. The molecule has 1 amide bonds. The number of hydrogen-bond acceptors (Lipinski definition) is 4. The molecule has 0 bridgehead atoms. The fourth-order valence-electron chi connectivity index (χ4n) is 3.18. The van der Waals surface area contributed by atoms with Crippen molar-refractivity contribution < 1.29 is 9.90 Å². The Morgan fingerprint density at radius 1 is 1.12 bits per heavy atom. The second-order valence-electron chi connectivity index (χ2n) is 6.34. The highest BCUT2D eigenvalue weighted by atomic mass is 35.5. The molecule has 1 saturated heterocycles. The number of aromatic nitrogens is 1. The molecule has 1 fully saturated rings. The van der Waals surface area contributed by atoms with E-state index in [4.69, 9.17) is 11.6 Å². The Balaban J connectivity index is 1.65. The quantitative estimate of drug-likeness (QED) is 0.915. The van der Waals surface area contributed by atoms with E-state index in [1.807, 2.05) is 13.8 Å². The molecule has 0 saturated carbocycles. The van der Waals surface area contributed by atoms with E-state index in [1.165, 1.54) is 0 Å². The molecule has 0 radical (unpaired) electrons. The first-order valence-electron chi connectivity index (χ1n) is 8.37. The van der Waals surface area contributed by atoms with Crippen LogP contribution in [0.15, 0.2) is 36.4 Å². The number of halogens is 1. The third kappa shape index (κ3) is 3.94. The highest BCUT2D eigenvalue weighted by Crippen LogP contribution is 2.25. The number of piperazine rings is 1. The van der Waals surface area contributed by atoms with Gasteiger partial charge in [-0.1, -0.05) is 29.8 Å². The maximum Gasteiger partial charge on any atom is 0.256 e. The molecular formula is C19H22ClN3O2. The van der Waals surface area contributed by atoms with Gasteiger partial charge < -0.3 is 14.9 Å². The molecule has 2 aromatic rings. The molecule has 1 atom stereocenters. The van der Waals surface area contributed by atoms with E-state index in [2.05, 4.69) is 22.0 Å². The summed E-state index contributed by atoms with van der Waals surface area (Å²) < 4.78 is 0. The Labute approximate surface area is 152 Å². The van der Waals surface area contributed by atoms with Gasteiger partial charge in [0.25, 0.3) is 5.91 Å². The van der Waals surface area contributed by atoms with Crippen molar-refractivity contribution in [3.63, 3.8) is 0 Å². The van der Waals surface area contributed by atoms with Crippen LogP contribution in [0.4, 0.5) is 5.69 Å². The van der Waals surface area contributed by atoms with Gasteiger partial charge in [0.15, 0.2) is 6.10 Å². The third-order valence-corrected chi connectivity index (χ3v) is 4.80.